The summed E-state index contributed by atoms with van der Waals surface area (Å²) in [5.74, 6) is 0.969. The van der Waals surface area contributed by atoms with Gasteiger partial charge in [0.2, 0.25) is 0 Å². The second-order valence-corrected chi connectivity index (χ2v) is 7.33. The number of sulfone groups is 1. The molecule has 108 valence electrons. The van der Waals surface area contributed by atoms with Crippen molar-refractivity contribution in [2.24, 2.45) is 0 Å². The molecule has 0 aliphatic carbocycles. The first-order valence-electron chi connectivity index (χ1n) is 6.35. The molecule has 1 heterocycles. The summed E-state index contributed by atoms with van der Waals surface area (Å²) in [5.41, 5.74) is 1.08. The monoisotopic (exact) mass is 285 g/mol. The molecule has 0 spiro atoms. The molecule has 19 heavy (non-hydrogen) atoms. The number of rotatable bonds is 7. The molecule has 1 N–H and O–H groups in total. The summed E-state index contributed by atoms with van der Waals surface area (Å²) in [7, 11) is -1.08. The number of anilines is 1. The standard InChI is InChI=1S/C13H23N3O2S/c1-11(2)15-10-12-6-5-7-14-13(12)16(3)8-9-19(4,17)18/h5-7,11,15H,8-10H2,1-4H3. The van der Waals surface area contributed by atoms with Crippen molar-refractivity contribution in [3.05, 3.63) is 23.9 Å². The average molecular weight is 285 g/mol. The Labute approximate surface area is 116 Å². The molecule has 5 nitrogen and oxygen atoms in total. The van der Waals surface area contributed by atoms with Gasteiger partial charge >= 0.3 is 0 Å². The van der Waals surface area contributed by atoms with Crippen LogP contribution < -0.4 is 10.2 Å². The molecule has 0 aliphatic rings. The zero-order valence-electron chi connectivity index (χ0n) is 12.0. The van der Waals surface area contributed by atoms with Crippen LogP contribution in [0.2, 0.25) is 0 Å². The lowest BCUT2D eigenvalue weighted by molar-refractivity contribution is 0.587. The van der Waals surface area contributed by atoms with Crippen LogP contribution in [0.1, 0.15) is 19.4 Å². The van der Waals surface area contributed by atoms with E-state index in [2.05, 4.69) is 24.1 Å². The minimum absolute atomic E-state index is 0.136. The van der Waals surface area contributed by atoms with Crippen LogP contribution in [0.4, 0.5) is 5.82 Å². The minimum atomic E-state index is -2.95. The Morgan fingerprint density at radius 1 is 1.42 bits per heavy atom. The topological polar surface area (TPSA) is 62.3 Å². The SMILES string of the molecule is CC(C)NCc1cccnc1N(C)CCS(C)(=O)=O. The Morgan fingerprint density at radius 3 is 2.68 bits per heavy atom. The van der Waals surface area contributed by atoms with Gasteiger partial charge in [0.25, 0.3) is 0 Å². The predicted molar refractivity (Wildman–Crippen MR) is 79.2 cm³/mol. The van der Waals surface area contributed by atoms with Gasteiger partial charge in [0.05, 0.1) is 5.75 Å². The first kappa shape index (κ1) is 15.9. The van der Waals surface area contributed by atoms with E-state index >= 15 is 0 Å². The number of nitrogens with zero attached hydrogens (tertiary/aromatic N) is 2. The van der Waals surface area contributed by atoms with Gasteiger partial charge in [-0.25, -0.2) is 13.4 Å². The third kappa shape index (κ3) is 6.02. The first-order valence-corrected chi connectivity index (χ1v) is 8.42. The Balaban J connectivity index is 2.75. The van der Waals surface area contributed by atoms with E-state index in [9.17, 15) is 8.42 Å². The van der Waals surface area contributed by atoms with E-state index in [0.717, 1.165) is 17.9 Å². The number of pyridine rings is 1. The zero-order valence-corrected chi connectivity index (χ0v) is 12.9. The molecular weight excluding hydrogens is 262 g/mol. The molecule has 1 aromatic rings. The van der Waals surface area contributed by atoms with Crippen LogP contribution in [-0.2, 0) is 16.4 Å². The molecule has 0 unspecified atom stereocenters. The van der Waals surface area contributed by atoms with E-state index in [1.165, 1.54) is 6.26 Å². The molecule has 0 radical (unpaired) electrons. The van der Waals surface area contributed by atoms with Crippen LogP contribution >= 0.6 is 0 Å². The van der Waals surface area contributed by atoms with E-state index < -0.39 is 9.84 Å². The van der Waals surface area contributed by atoms with Gasteiger partial charge in [-0.15, -0.1) is 0 Å². The normalized spacial score (nSPS) is 11.8. The quantitative estimate of drug-likeness (QED) is 0.811. The summed E-state index contributed by atoms with van der Waals surface area (Å²) < 4.78 is 22.4. The second kappa shape index (κ2) is 6.86. The fourth-order valence-corrected chi connectivity index (χ4v) is 2.24. The van der Waals surface area contributed by atoms with E-state index in [1.807, 2.05) is 24.1 Å². The molecule has 0 saturated carbocycles. The highest BCUT2D eigenvalue weighted by Crippen LogP contribution is 2.15. The van der Waals surface area contributed by atoms with Gasteiger partial charge in [0.15, 0.2) is 0 Å². The van der Waals surface area contributed by atoms with Crippen LogP contribution in [0.3, 0.4) is 0 Å². The number of hydrogen-bond acceptors (Lipinski definition) is 5. The van der Waals surface area contributed by atoms with Gasteiger partial charge in [0, 0.05) is 44.2 Å². The Hall–Kier alpha value is -1.14. The van der Waals surface area contributed by atoms with Crippen molar-refractivity contribution in [2.45, 2.75) is 26.4 Å². The molecule has 0 aromatic carbocycles. The van der Waals surface area contributed by atoms with Gasteiger partial charge in [0.1, 0.15) is 15.7 Å². The summed E-state index contributed by atoms with van der Waals surface area (Å²) >= 11 is 0. The van der Waals surface area contributed by atoms with E-state index in [1.54, 1.807) is 6.20 Å². The lowest BCUT2D eigenvalue weighted by Crippen LogP contribution is -2.28. The van der Waals surface area contributed by atoms with E-state index in [0.29, 0.717) is 12.6 Å². The van der Waals surface area contributed by atoms with Crippen molar-refractivity contribution in [3.63, 3.8) is 0 Å². The molecule has 0 aliphatic heterocycles. The Bertz CT molecular complexity index is 500. The lowest BCUT2D eigenvalue weighted by Gasteiger charge is -2.21. The van der Waals surface area contributed by atoms with Crippen molar-refractivity contribution < 1.29 is 8.42 Å². The summed E-state index contributed by atoms with van der Waals surface area (Å²) in [4.78, 5) is 6.24. The molecule has 0 bridgehead atoms. The number of nitrogens with one attached hydrogen (secondary N) is 1. The van der Waals surface area contributed by atoms with Crippen molar-refractivity contribution in [2.75, 3.05) is 30.5 Å². The van der Waals surface area contributed by atoms with Gasteiger partial charge in [-0.05, 0) is 6.07 Å². The lowest BCUT2D eigenvalue weighted by atomic mass is 10.2. The molecular formula is C13H23N3O2S. The molecule has 1 rings (SSSR count). The fraction of sp³-hybridized carbons (Fsp3) is 0.615. The first-order chi connectivity index (χ1) is 8.79. The Morgan fingerprint density at radius 2 is 2.11 bits per heavy atom. The van der Waals surface area contributed by atoms with Gasteiger partial charge in [-0.3, -0.25) is 0 Å². The van der Waals surface area contributed by atoms with E-state index in [4.69, 9.17) is 0 Å². The van der Waals surface area contributed by atoms with E-state index in [-0.39, 0.29) is 5.75 Å². The molecule has 0 saturated heterocycles. The molecule has 0 atom stereocenters. The maximum absolute atomic E-state index is 11.2. The summed E-state index contributed by atoms with van der Waals surface area (Å²) in [6, 6.07) is 4.30. The van der Waals surface area contributed by atoms with Crippen LogP contribution in [0.15, 0.2) is 18.3 Å². The van der Waals surface area contributed by atoms with Crippen LogP contribution in [-0.4, -0.2) is 45.0 Å². The fourth-order valence-electron chi connectivity index (χ4n) is 1.63. The predicted octanol–water partition coefficient (Wildman–Crippen LogP) is 1.06. The summed E-state index contributed by atoms with van der Waals surface area (Å²) in [5, 5.41) is 3.34. The zero-order chi connectivity index (χ0) is 14.5. The highest BCUT2D eigenvalue weighted by molar-refractivity contribution is 7.90. The minimum Gasteiger partial charge on any atom is -0.358 e. The molecule has 0 fully saturated rings. The van der Waals surface area contributed by atoms with Crippen LogP contribution in [0.5, 0.6) is 0 Å². The average Bonchev–Trinajstić information content (AvgIpc) is 2.33. The Kier molecular flexibility index (Phi) is 5.75. The molecule has 6 heteroatoms. The number of hydrogen-bond donors (Lipinski definition) is 1. The highest BCUT2D eigenvalue weighted by Gasteiger charge is 2.11. The molecule has 1 aromatic heterocycles. The highest BCUT2D eigenvalue weighted by atomic mass is 32.2. The van der Waals surface area contributed by atoms with Gasteiger partial charge in [-0.2, -0.15) is 0 Å². The van der Waals surface area contributed by atoms with Crippen molar-refractivity contribution >= 4 is 15.7 Å². The van der Waals surface area contributed by atoms with Crippen LogP contribution in [0, 0.1) is 0 Å². The maximum Gasteiger partial charge on any atom is 0.149 e. The largest absolute Gasteiger partial charge is 0.358 e. The van der Waals surface area contributed by atoms with Crippen LogP contribution in [0.25, 0.3) is 0 Å². The number of aromatic nitrogens is 1. The summed E-state index contributed by atoms with van der Waals surface area (Å²) in [6.45, 7) is 5.35. The third-order valence-corrected chi connectivity index (χ3v) is 3.65. The summed E-state index contributed by atoms with van der Waals surface area (Å²) in [6.07, 6.45) is 2.98. The van der Waals surface area contributed by atoms with Gasteiger partial charge < -0.3 is 10.2 Å². The van der Waals surface area contributed by atoms with Crippen molar-refractivity contribution in [1.82, 2.24) is 10.3 Å². The van der Waals surface area contributed by atoms with Gasteiger partial charge in [-0.1, -0.05) is 19.9 Å². The van der Waals surface area contributed by atoms with Crippen molar-refractivity contribution in [1.29, 1.82) is 0 Å². The maximum atomic E-state index is 11.2. The third-order valence-electron chi connectivity index (χ3n) is 2.73. The van der Waals surface area contributed by atoms with Crippen molar-refractivity contribution in [3.8, 4) is 0 Å². The second-order valence-electron chi connectivity index (χ2n) is 5.07. The smallest absolute Gasteiger partial charge is 0.149 e. The molecule has 0 amide bonds.